The number of para-hydroxylation sites is 1. The Morgan fingerprint density at radius 1 is 1.19 bits per heavy atom. The predicted molar refractivity (Wildman–Crippen MR) is 111 cm³/mol. The van der Waals surface area contributed by atoms with Crippen LogP contribution in [0.25, 0.3) is 0 Å². The van der Waals surface area contributed by atoms with Crippen molar-refractivity contribution in [2.45, 2.75) is 13.3 Å². The molecular formula is C20H26N6O. The lowest BCUT2D eigenvalue weighted by atomic mass is 10.1. The van der Waals surface area contributed by atoms with Crippen molar-refractivity contribution in [2.24, 2.45) is 5.10 Å². The van der Waals surface area contributed by atoms with E-state index < -0.39 is 0 Å². The van der Waals surface area contributed by atoms with E-state index in [-0.39, 0.29) is 5.91 Å². The number of rotatable bonds is 8. The Hall–Kier alpha value is -3.35. The molecule has 0 saturated carbocycles. The third kappa shape index (κ3) is 4.63. The van der Waals surface area contributed by atoms with E-state index in [9.17, 15) is 4.79 Å². The van der Waals surface area contributed by atoms with E-state index in [0.717, 1.165) is 22.6 Å². The van der Waals surface area contributed by atoms with Crippen LogP contribution in [0.2, 0.25) is 0 Å². The van der Waals surface area contributed by atoms with Crippen LogP contribution in [0.4, 0.5) is 11.5 Å². The van der Waals surface area contributed by atoms with Gasteiger partial charge in [-0.1, -0.05) is 18.2 Å². The highest BCUT2D eigenvalue weighted by atomic mass is 16.1. The minimum Gasteiger partial charge on any atom is -0.373 e. The first-order chi connectivity index (χ1) is 13.0. The summed E-state index contributed by atoms with van der Waals surface area (Å²) in [5.74, 6) is 1.20. The van der Waals surface area contributed by atoms with Gasteiger partial charge in [-0.15, -0.1) is 0 Å². The van der Waals surface area contributed by atoms with Crippen LogP contribution in [-0.2, 0) is 6.42 Å². The number of hydrogen-bond donors (Lipinski definition) is 3. The van der Waals surface area contributed by atoms with Gasteiger partial charge in [0.2, 0.25) is 0 Å². The molecule has 0 spiro atoms. The molecule has 1 aromatic carbocycles. The molecule has 0 aliphatic heterocycles. The van der Waals surface area contributed by atoms with Gasteiger partial charge in [-0.2, -0.15) is 5.10 Å². The van der Waals surface area contributed by atoms with Crippen molar-refractivity contribution < 1.29 is 4.79 Å². The maximum atomic E-state index is 12.1. The summed E-state index contributed by atoms with van der Waals surface area (Å²) in [5.41, 5.74) is 3.38. The van der Waals surface area contributed by atoms with Crippen LogP contribution in [0.15, 0.2) is 59.1 Å². The zero-order valence-corrected chi connectivity index (χ0v) is 16.2. The second kappa shape index (κ2) is 9.38. The number of hydrazone groups is 1. The van der Waals surface area contributed by atoms with Crippen LogP contribution in [0.3, 0.4) is 0 Å². The maximum absolute atomic E-state index is 12.1. The molecule has 0 bridgehead atoms. The Balaban J connectivity index is 2.38. The molecule has 0 radical (unpaired) electrons. The predicted octanol–water partition coefficient (Wildman–Crippen LogP) is 2.60. The molecule has 0 aliphatic carbocycles. The van der Waals surface area contributed by atoms with Gasteiger partial charge in [-0.3, -0.25) is 4.79 Å². The van der Waals surface area contributed by atoms with E-state index in [2.05, 4.69) is 32.8 Å². The quantitative estimate of drug-likeness (QED) is 0.494. The van der Waals surface area contributed by atoms with Gasteiger partial charge in [-0.25, -0.2) is 9.99 Å². The molecule has 7 nitrogen and oxygen atoms in total. The second-order valence-electron chi connectivity index (χ2n) is 5.91. The van der Waals surface area contributed by atoms with Crippen molar-refractivity contribution in [1.82, 2.24) is 15.6 Å². The van der Waals surface area contributed by atoms with Gasteiger partial charge in [0.15, 0.2) is 0 Å². The molecule has 1 heterocycles. The van der Waals surface area contributed by atoms with Gasteiger partial charge in [0.25, 0.3) is 5.91 Å². The molecule has 1 amide bonds. The van der Waals surface area contributed by atoms with Gasteiger partial charge >= 0.3 is 0 Å². The number of carbonyl (C=O) groups excluding carboxylic acids is 1. The highest BCUT2D eigenvalue weighted by Gasteiger charge is 2.15. The first-order valence-electron chi connectivity index (χ1n) is 8.63. The van der Waals surface area contributed by atoms with Crippen LogP contribution in [0.1, 0.15) is 22.8 Å². The number of benzene rings is 1. The molecule has 0 fully saturated rings. The summed E-state index contributed by atoms with van der Waals surface area (Å²) >= 11 is 0. The summed E-state index contributed by atoms with van der Waals surface area (Å²) in [5, 5.41) is 14.7. The molecule has 0 unspecified atom stereocenters. The molecule has 142 valence electrons. The third-order valence-corrected chi connectivity index (χ3v) is 4.12. The van der Waals surface area contributed by atoms with Gasteiger partial charge in [0.1, 0.15) is 11.6 Å². The molecule has 1 aromatic heterocycles. The van der Waals surface area contributed by atoms with Gasteiger partial charge in [-0.05, 0) is 42.7 Å². The topological polar surface area (TPSA) is 81.7 Å². The van der Waals surface area contributed by atoms with Crippen LogP contribution >= 0.6 is 0 Å². The van der Waals surface area contributed by atoms with Crippen LogP contribution in [0.5, 0.6) is 0 Å². The number of amides is 1. The minimum atomic E-state index is -0.178. The van der Waals surface area contributed by atoms with Gasteiger partial charge in [0, 0.05) is 34.1 Å². The number of anilines is 2. The number of pyridine rings is 1. The van der Waals surface area contributed by atoms with E-state index in [1.807, 2.05) is 50.4 Å². The van der Waals surface area contributed by atoms with Crippen molar-refractivity contribution in [3.8, 4) is 0 Å². The lowest BCUT2D eigenvalue weighted by Crippen LogP contribution is -2.27. The number of allylic oxidation sites excluding steroid dienone is 1. The molecule has 2 rings (SSSR count). The Morgan fingerprint density at radius 2 is 1.89 bits per heavy atom. The average Bonchev–Trinajstić information content (AvgIpc) is 2.71. The highest BCUT2D eigenvalue weighted by Crippen LogP contribution is 2.22. The van der Waals surface area contributed by atoms with Crippen molar-refractivity contribution in [3.05, 3.63) is 65.1 Å². The lowest BCUT2D eigenvalue weighted by molar-refractivity contribution is 0.0963. The Kier molecular flexibility index (Phi) is 6.93. The van der Waals surface area contributed by atoms with Gasteiger partial charge in [0.05, 0.1) is 11.3 Å². The number of nitrogens with one attached hydrogen (secondary N) is 3. The van der Waals surface area contributed by atoms with E-state index in [0.29, 0.717) is 17.8 Å². The summed E-state index contributed by atoms with van der Waals surface area (Å²) < 4.78 is 0. The zero-order valence-electron chi connectivity index (χ0n) is 16.2. The monoisotopic (exact) mass is 366 g/mol. The second-order valence-corrected chi connectivity index (χ2v) is 5.91. The fourth-order valence-corrected chi connectivity index (χ4v) is 2.85. The minimum absolute atomic E-state index is 0.178. The Morgan fingerprint density at radius 3 is 2.44 bits per heavy atom. The molecular weight excluding hydrogens is 340 g/mol. The summed E-state index contributed by atoms with van der Waals surface area (Å²) in [6, 6.07) is 11.6. The normalized spacial score (nSPS) is 11.3. The van der Waals surface area contributed by atoms with Crippen molar-refractivity contribution >= 4 is 24.1 Å². The number of nitrogens with zero attached hydrogens (tertiary/aromatic N) is 3. The molecule has 0 atom stereocenters. The Bertz CT molecular complexity index is 832. The SMILES string of the molecule is C=NN(/C(NC)=C(/C)Cc1cnc(NC)c(C(=O)NC)c1)c1ccccc1. The highest BCUT2D eigenvalue weighted by molar-refractivity contribution is 5.98. The van der Waals surface area contributed by atoms with Crippen LogP contribution in [0, 0.1) is 0 Å². The molecule has 2 aromatic rings. The largest absolute Gasteiger partial charge is 0.373 e. The summed E-state index contributed by atoms with van der Waals surface area (Å²) in [4.78, 5) is 16.5. The third-order valence-electron chi connectivity index (χ3n) is 4.12. The lowest BCUT2D eigenvalue weighted by Gasteiger charge is -2.24. The van der Waals surface area contributed by atoms with Gasteiger partial charge < -0.3 is 16.0 Å². The Labute approximate surface area is 160 Å². The molecule has 27 heavy (non-hydrogen) atoms. The van der Waals surface area contributed by atoms with Crippen molar-refractivity contribution in [1.29, 1.82) is 0 Å². The number of carbonyl (C=O) groups is 1. The van der Waals surface area contributed by atoms with Crippen LogP contribution in [-0.4, -0.2) is 38.8 Å². The zero-order chi connectivity index (χ0) is 19.8. The fraction of sp³-hybridized carbons (Fsp3) is 0.250. The molecule has 3 N–H and O–H groups in total. The number of hydrogen-bond acceptors (Lipinski definition) is 6. The standard InChI is InChI=1S/C20H26N6O/c1-14(19(22-3)26(24-5)16-9-7-6-8-10-16)11-15-12-17(20(27)23-4)18(21-2)25-13-15/h6-10,12-13,22H,5,11H2,1-4H3,(H,21,25)(H,23,27)/b19-14-. The first kappa shape index (κ1) is 20.0. The summed E-state index contributed by atoms with van der Waals surface area (Å²) in [7, 11) is 5.19. The number of aromatic nitrogens is 1. The van der Waals surface area contributed by atoms with Crippen molar-refractivity contribution in [2.75, 3.05) is 31.5 Å². The smallest absolute Gasteiger partial charge is 0.254 e. The summed E-state index contributed by atoms with van der Waals surface area (Å²) in [6.07, 6.45) is 2.37. The molecule has 7 heteroatoms. The van der Waals surface area contributed by atoms with E-state index >= 15 is 0 Å². The first-order valence-corrected chi connectivity index (χ1v) is 8.63. The van der Waals surface area contributed by atoms with E-state index in [1.165, 1.54) is 0 Å². The van der Waals surface area contributed by atoms with Crippen molar-refractivity contribution in [3.63, 3.8) is 0 Å². The summed E-state index contributed by atoms with van der Waals surface area (Å²) in [6.45, 7) is 5.71. The molecule has 0 saturated heterocycles. The van der Waals surface area contributed by atoms with E-state index in [4.69, 9.17) is 0 Å². The van der Waals surface area contributed by atoms with Crippen LogP contribution < -0.4 is 21.0 Å². The van der Waals surface area contributed by atoms with E-state index in [1.54, 1.807) is 25.3 Å². The maximum Gasteiger partial charge on any atom is 0.254 e. The molecule has 0 aliphatic rings. The fourth-order valence-electron chi connectivity index (χ4n) is 2.85. The average molecular weight is 366 g/mol.